The van der Waals surface area contributed by atoms with Crippen LogP contribution in [0.4, 0.5) is 13.2 Å². The number of halogens is 4. The first-order valence-electron chi connectivity index (χ1n) is 6.82. The van der Waals surface area contributed by atoms with Crippen LogP contribution < -0.4 is 26.8 Å². The molecule has 0 amide bonds. The van der Waals surface area contributed by atoms with Crippen molar-refractivity contribution in [3.05, 3.63) is 78.2 Å². The maximum absolute atomic E-state index is 11.2. The molecule has 0 radical (unpaired) electrons. The second-order valence-corrected chi connectivity index (χ2v) is 9.13. The molecule has 0 unspecified atom stereocenters. The van der Waals surface area contributed by atoms with E-state index in [1.807, 2.05) is 18.2 Å². The number of fused-ring (bicyclic) bond motifs is 1. The highest BCUT2D eigenvalue weighted by Gasteiger charge is 2.36. The molecule has 0 aliphatic rings. The van der Waals surface area contributed by atoms with E-state index in [0.29, 0.717) is 5.58 Å². The lowest BCUT2D eigenvalue weighted by Crippen LogP contribution is -3.61. The maximum Gasteiger partial charge on any atom is 0.485 e. The van der Waals surface area contributed by atoms with E-state index >= 15 is 0 Å². The summed E-state index contributed by atoms with van der Waals surface area (Å²) >= 11 is -0.218. The molecule has 0 saturated carbocycles. The highest BCUT2D eigenvalue weighted by molar-refractivity contribution is 7.86. The van der Waals surface area contributed by atoms with Crippen molar-refractivity contribution >= 4 is 21.1 Å². The van der Waals surface area contributed by atoms with Crippen LogP contribution >= 0.6 is 0 Å². The normalized spacial score (nSPS) is 11.7. The van der Waals surface area contributed by atoms with Crippen LogP contribution in [0.3, 0.4) is 0 Å². The molecular formula is C16H10F3IO5S. The van der Waals surface area contributed by atoms with Gasteiger partial charge in [0.2, 0.25) is 0 Å². The van der Waals surface area contributed by atoms with Gasteiger partial charge in [-0.3, -0.25) is 0 Å². The number of benzene rings is 2. The molecule has 0 aliphatic carbocycles. The first kappa shape index (κ1) is 20.4. The molecule has 10 heteroatoms. The zero-order valence-electron chi connectivity index (χ0n) is 12.7. The van der Waals surface area contributed by atoms with Crippen molar-refractivity contribution in [3.8, 4) is 0 Å². The van der Waals surface area contributed by atoms with E-state index in [2.05, 4.69) is 30.3 Å². The van der Waals surface area contributed by atoms with Crippen LogP contribution in [0, 0.1) is 7.14 Å². The summed E-state index contributed by atoms with van der Waals surface area (Å²) in [6.07, 6.45) is 0. The summed E-state index contributed by atoms with van der Waals surface area (Å²) in [5, 5.41) is 0.968. The summed E-state index contributed by atoms with van der Waals surface area (Å²) < 4.78 is 66.7. The van der Waals surface area contributed by atoms with Gasteiger partial charge in [0, 0.05) is 17.5 Å². The summed E-state index contributed by atoms with van der Waals surface area (Å²) in [5.41, 5.74) is -5.26. The molecule has 2 aromatic carbocycles. The van der Waals surface area contributed by atoms with Crippen LogP contribution in [0.15, 0.2) is 69.9 Å². The topological polar surface area (TPSA) is 87.4 Å². The van der Waals surface area contributed by atoms with Crippen LogP contribution in [-0.4, -0.2) is 18.5 Å². The average Bonchev–Trinajstić information content (AvgIpc) is 2.54. The molecule has 0 spiro atoms. The van der Waals surface area contributed by atoms with Crippen molar-refractivity contribution in [1.82, 2.24) is 0 Å². The van der Waals surface area contributed by atoms with E-state index in [4.69, 9.17) is 17.4 Å². The van der Waals surface area contributed by atoms with Gasteiger partial charge in [0.15, 0.2) is 17.3 Å². The van der Waals surface area contributed by atoms with Gasteiger partial charge in [-0.25, -0.2) is 13.2 Å². The van der Waals surface area contributed by atoms with Crippen molar-refractivity contribution < 1.29 is 51.8 Å². The molecule has 5 nitrogen and oxygen atoms in total. The van der Waals surface area contributed by atoms with Crippen molar-refractivity contribution in [2.45, 2.75) is 5.51 Å². The van der Waals surface area contributed by atoms with Crippen molar-refractivity contribution in [2.75, 3.05) is 0 Å². The Morgan fingerprint density at radius 1 is 0.923 bits per heavy atom. The minimum Gasteiger partial charge on any atom is -0.741 e. The van der Waals surface area contributed by atoms with Crippen molar-refractivity contribution in [3.63, 3.8) is 0 Å². The molecule has 0 N–H and O–H groups in total. The van der Waals surface area contributed by atoms with Gasteiger partial charge >= 0.3 is 32.3 Å². The largest absolute Gasteiger partial charge is 0.741 e. The number of rotatable bonds is 2. The Kier molecular flexibility index (Phi) is 6.42. The number of hydrogen-bond acceptors (Lipinski definition) is 5. The molecule has 3 rings (SSSR count). The fourth-order valence-electron chi connectivity index (χ4n) is 1.70. The van der Waals surface area contributed by atoms with Crippen LogP contribution in [-0.2, 0) is 10.1 Å². The highest BCUT2D eigenvalue weighted by Crippen LogP contribution is 2.20. The minimum absolute atomic E-state index is 0.218. The van der Waals surface area contributed by atoms with Crippen LogP contribution in [0.5, 0.6) is 0 Å². The molecule has 3 aromatic rings. The monoisotopic (exact) mass is 498 g/mol. The molecule has 26 heavy (non-hydrogen) atoms. The predicted octanol–water partition coefficient (Wildman–Crippen LogP) is -0.0272. The highest BCUT2D eigenvalue weighted by atomic mass is 127. The molecule has 0 bridgehead atoms. The van der Waals surface area contributed by atoms with E-state index in [0.717, 1.165) is 5.39 Å². The lowest BCUT2D eigenvalue weighted by Gasteiger charge is -2.08. The smallest absolute Gasteiger partial charge is 0.485 e. The first-order valence-corrected chi connectivity index (χ1v) is 10.4. The summed E-state index contributed by atoms with van der Waals surface area (Å²) in [7, 11) is -6.09. The van der Waals surface area contributed by atoms with Gasteiger partial charge in [0.25, 0.3) is 0 Å². The van der Waals surface area contributed by atoms with E-state index in [1.54, 1.807) is 6.07 Å². The Labute approximate surface area is 156 Å². The fraction of sp³-hybridized carbons (Fsp3) is 0.0625. The van der Waals surface area contributed by atoms with Gasteiger partial charge in [-0.05, 0) is 30.3 Å². The van der Waals surface area contributed by atoms with Gasteiger partial charge < -0.3 is 8.97 Å². The van der Waals surface area contributed by atoms with Gasteiger partial charge in [-0.15, -0.1) is 0 Å². The molecular weight excluding hydrogens is 488 g/mol. The SMILES string of the molecule is O=S(=O)([O-])C(F)(F)F.O=c1ccc2ccc([I+]c3ccccc3)cc2o1. The zero-order chi connectivity index (χ0) is 19.4. The van der Waals surface area contributed by atoms with Gasteiger partial charge in [-0.2, -0.15) is 13.2 Å². The van der Waals surface area contributed by atoms with Gasteiger partial charge in [0.05, 0.1) is 0 Å². The van der Waals surface area contributed by atoms with Crippen LogP contribution in [0.1, 0.15) is 0 Å². The number of hydrogen-bond donors (Lipinski definition) is 0. The van der Waals surface area contributed by atoms with Crippen LogP contribution in [0.25, 0.3) is 11.0 Å². The Hall–Kier alpha value is -1.92. The molecule has 0 aliphatic heterocycles. The summed E-state index contributed by atoms with van der Waals surface area (Å²) in [6.45, 7) is 0. The molecule has 1 heterocycles. The lowest BCUT2D eigenvalue weighted by atomic mass is 10.2. The predicted molar refractivity (Wildman–Crippen MR) is 82.1 cm³/mol. The molecule has 138 valence electrons. The van der Waals surface area contributed by atoms with E-state index in [-0.39, 0.29) is 26.8 Å². The average molecular weight is 498 g/mol. The van der Waals surface area contributed by atoms with Crippen molar-refractivity contribution in [1.29, 1.82) is 0 Å². The second kappa shape index (κ2) is 8.18. The van der Waals surface area contributed by atoms with Gasteiger partial charge in [0.1, 0.15) is 5.58 Å². The third-order valence-electron chi connectivity index (χ3n) is 2.82. The molecule has 0 saturated heterocycles. The summed E-state index contributed by atoms with van der Waals surface area (Å²) in [4.78, 5) is 11.2. The summed E-state index contributed by atoms with van der Waals surface area (Å²) in [6, 6.07) is 19.8. The first-order chi connectivity index (χ1) is 12.1. The maximum atomic E-state index is 11.2. The van der Waals surface area contributed by atoms with Crippen LogP contribution in [0.2, 0.25) is 0 Å². The second-order valence-electron chi connectivity index (χ2n) is 4.73. The fourth-order valence-corrected chi connectivity index (χ4v) is 3.99. The zero-order valence-corrected chi connectivity index (χ0v) is 15.7. The Morgan fingerprint density at radius 3 is 2.08 bits per heavy atom. The Balaban J connectivity index is 0.000000260. The summed E-state index contributed by atoms with van der Waals surface area (Å²) in [5.74, 6) is 0. The number of alkyl halides is 3. The van der Waals surface area contributed by atoms with Crippen molar-refractivity contribution in [2.24, 2.45) is 0 Å². The van der Waals surface area contributed by atoms with E-state index in [1.165, 1.54) is 13.2 Å². The third kappa shape index (κ3) is 5.81. The molecule has 0 fully saturated rings. The standard InChI is InChI=1S/C15H10IO2.CHF3O3S/c17-15-9-7-11-6-8-13(10-14(11)18-15)16-12-4-2-1-3-5-12;2-1(3,4)8(5,6)7/h1-10H;(H,5,6,7)/q+1;/p-1. The quantitative estimate of drug-likeness (QED) is 0.215. The van der Waals surface area contributed by atoms with Gasteiger partial charge in [-0.1, -0.05) is 18.2 Å². The van der Waals surface area contributed by atoms with E-state index in [9.17, 15) is 18.0 Å². The minimum atomic E-state index is -6.09. The lowest BCUT2D eigenvalue weighted by molar-refractivity contribution is -0.597. The van der Waals surface area contributed by atoms with E-state index < -0.39 is 15.6 Å². The Morgan fingerprint density at radius 2 is 1.50 bits per heavy atom. The molecule has 0 atom stereocenters. The Bertz CT molecular complexity index is 1050. The molecule has 1 aromatic heterocycles. The third-order valence-corrected chi connectivity index (χ3v) is 6.02.